The van der Waals surface area contributed by atoms with Crippen LogP contribution in [0.15, 0.2) is 36.4 Å². The van der Waals surface area contributed by atoms with Gasteiger partial charge in [-0.2, -0.15) is 9.40 Å². The molecule has 27 heavy (non-hydrogen) atoms. The normalized spacial score (nSPS) is 16.1. The summed E-state index contributed by atoms with van der Waals surface area (Å²) in [6.07, 6.45) is 1.20. The van der Waals surface area contributed by atoms with E-state index < -0.39 is 10.0 Å². The van der Waals surface area contributed by atoms with Gasteiger partial charge < -0.3 is 4.90 Å². The van der Waals surface area contributed by atoms with Crippen molar-refractivity contribution < 1.29 is 13.2 Å². The molecule has 4 rings (SSSR count). The molecule has 0 aliphatic carbocycles. The summed E-state index contributed by atoms with van der Waals surface area (Å²) in [4.78, 5) is 16.2. The predicted molar refractivity (Wildman–Crippen MR) is 106 cm³/mol. The molecule has 1 aliphatic rings. The van der Waals surface area contributed by atoms with E-state index in [1.165, 1.54) is 21.9 Å². The summed E-state index contributed by atoms with van der Waals surface area (Å²) < 4.78 is 26.6. The van der Waals surface area contributed by atoms with Crippen molar-refractivity contribution in [3.8, 4) is 5.69 Å². The second kappa shape index (κ2) is 6.74. The van der Waals surface area contributed by atoms with Crippen molar-refractivity contribution in [3.05, 3.63) is 47.0 Å². The Hall–Kier alpha value is -2.23. The second-order valence-electron chi connectivity index (χ2n) is 6.62. The van der Waals surface area contributed by atoms with E-state index in [0.717, 1.165) is 21.6 Å². The number of aromatic nitrogens is 2. The van der Waals surface area contributed by atoms with E-state index in [2.05, 4.69) is 5.10 Å². The number of hydrogen-bond acceptors (Lipinski definition) is 5. The molecule has 0 atom stereocenters. The third-order valence-corrected chi connectivity index (χ3v) is 7.15. The van der Waals surface area contributed by atoms with Crippen LogP contribution in [0.25, 0.3) is 15.9 Å². The third-order valence-electron chi connectivity index (χ3n) is 4.75. The van der Waals surface area contributed by atoms with Gasteiger partial charge in [-0.15, -0.1) is 11.3 Å². The van der Waals surface area contributed by atoms with Crippen molar-refractivity contribution in [1.82, 2.24) is 19.0 Å². The fourth-order valence-corrected chi connectivity index (χ4v) is 5.25. The Morgan fingerprint density at radius 3 is 2.41 bits per heavy atom. The minimum atomic E-state index is -3.21. The SMILES string of the molecule is Cc1nn(-c2ccccc2)c2sc(C(=O)N3CCN(S(C)(=O)=O)CC3)cc12. The smallest absolute Gasteiger partial charge is 0.264 e. The van der Waals surface area contributed by atoms with Crippen LogP contribution in [0.1, 0.15) is 15.4 Å². The second-order valence-corrected chi connectivity index (χ2v) is 9.63. The Kier molecular flexibility index (Phi) is 4.53. The number of amides is 1. The van der Waals surface area contributed by atoms with Crippen molar-refractivity contribution in [2.45, 2.75) is 6.92 Å². The summed E-state index contributed by atoms with van der Waals surface area (Å²) in [5, 5.41) is 5.57. The van der Waals surface area contributed by atoms with Crippen molar-refractivity contribution in [1.29, 1.82) is 0 Å². The van der Waals surface area contributed by atoms with E-state index in [1.807, 2.05) is 48.0 Å². The van der Waals surface area contributed by atoms with Gasteiger partial charge in [0.05, 0.1) is 22.5 Å². The number of para-hydroxylation sites is 1. The molecule has 1 fully saturated rings. The van der Waals surface area contributed by atoms with Gasteiger partial charge in [-0.05, 0) is 25.1 Å². The molecule has 1 aromatic carbocycles. The number of fused-ring (bicyclic) bond motifs is 1. The lowest BCUT2D eigenvalue weighted by Gasteiger charge is -2.32. The molecule has 2 aromatic heterocycles. The van der Waals surface area contributed by atoms with Crippen molar-refractivity contribution in [3.63, 3.8) is 0 Å². The van der Waals surface area contributed by atoms with E-state index in [9.17, 15) is 13.2 Å². The molecule has 0 unspecified atom stereocenters. The Balaban J connectivity index is 1.61. The number of thiophene rings is 1. The van der Waals surface area contributed by atoms with Crippen molar-refractivity contribution >= 4 is 37.5 Å². The predicted octanol–water partition coefficient (Wildman–Crippen LogP) is 2.11. The maximum Gasteiger partial charge on any atom is 0.264 e. The van der Waals surface area contributed by atoms with Gasteiger partial charge in [-0.25, -0.2) is 13.1 Å². The fourth-order valence-electron chi connectivity index (χ4n) is 3.28. The first-order valence-corrected chi connectivity index (χ1v) is 11.3. The molecule has 1 saturated heterocycles. The van der Waals surface area contributed by atoms with Gasteiger partial charge >= 0.3 is 0 Å². The van der Waals surface area contributed by atoms with E-state index in [0.29, 0.717) is 31.1 Å². The largest absolute Gasteiger partial charge is 0.335 e. The standard InChI is InChI=1S/C18H20N4O3S2/c1-13-15-12-16(17(23)20-8-10-21(11-9-20)27(2,24)25)26-18(15)22(19-13)14-6-4-3-5-7-14/h3-7,12H,8-11H2,1-2H3. The van der Waals surface area contributed by atoms with Crippen molar-refractivity contribution in [2.24, 2.45) is 0 Å². The number of sulfonamides is 1. The van der Waals surface area contributed by atoms with Gasteiger partial charge in [-0.3, -0.25) is 4.79 Å². The molecule has 0 spiro atoms. The zero-order chi connectivity index (χ0) is 19.2. The van der Waals surface area contributed by atoms with Gasteiger partial charge in [0, 0.05) is 31.6 Å². The summed E-state index contributed by atoms with van der Waals surface area (Å²) in [5.41, 5.74) is 1.84. The molecular formula is C18H20N4O3S2. The Morgan fingerprint density at radius 2 is 1.78 bits per heavy atom. The molecule has 1 amide bonds. The van der Waals surface area contributed by atoms with Gasteiger partial charge in [0.25, 0.3) is 5.91 Å². The molecule has 1 aliphatic heterocycles. The minimum absolute atomic E-state index is 0.0524. The van der Waals surface area contributed by atoms with Crippen LogP contribution in [0.2, 0.25) is 0 Å². The van der Waals surface area contributed by atoms with Crippen LogP contribution < -0.4 is 0 Å². The zero-order valence-electron chi connectivity index (χ0n) is 15.1. The van der Waals surface area contributed by atoms with E-state index in [1.54, 1.807) is 4.90 Å². The van der Waals surface area contributed by atoms with Crippen LogP contribution in [-0.4, -0.2) is 65.7 Å². The molecule has 9 heteroatoms. The number of piperazine rings is 1. The maximum atomic E-state index is 12.9. The summed E-state index contributed by atoms with van der Waals surface area (Å²) in [6.45, 7) is 3.43. The third kappa shape index (κ3) is 3.38. The average Bonchev–Trinajstić information content (AvgIpc) is 3.22. The van der Waals surface area contributed by atoms with Crippen LogP contribution in [0.4, 0.5) is 0 Å². The van der Waals surface area contributed by atoms with Gasteiger partial charge in [-0.1, -0.05) is 18.2 Å². The number of carbonyl (C=O) groups is 1. The van der Waals surface area contributed by atoms with Crippen LogP contribution >= 0.6 is 11.3 Å². The van der Waals surface area contributed by atoms with Crippen LogP contribution in [0, 0.1) is 6.92 Å². The number of rotatable bonds is 3. The topological polar surface area (TPSA) is 75.5 Å². The lowest BCUT2D eigenvalue weighted by molar-refractivity contribution is 0.0703. The lowest BCUT2D eigenvalue weighted by Crippen LogP contribution is -2.50. The van der Waals surface area contributed by atoms with Crippen LogP contribution in [-0.2, 0) is 10.0 Å². The monoisotopic (exact) mass is 404 g/mol. The fraction of sp³-hybridized carbons (Fsp3) is 0.333. The first-order chi connectivity index (χ1) is 12.8. The maximum absolute atomic E-state index is 12.9. The molecule has 0 bridgehead atoms. The number of aryl methyl sites for hydroxylation is 1. The number of nitrogens with zero attached hydrogens (tertiary/aromatic N) is 4. The van der Waals surface area contributed by atoms with E-state index >= 15 is 0 Å². The molecule has 0 N–H and O–H groups in total. The molecule has 0 radical (unpaired) electrons. The van der Waals surface area contributed by atoms with Gasteiger partial charge in [0.2, 0.25) is 10.0 Å². The van der Waals surface area contributed by atoms with Gasteiger partial charge in [0.1, 0.15) is 4.83 Å². The summed E-state index contributed by atoms with van der Waals surface area (Å²) >= 11 is 1.43. The van der Waals surface area contributed by atoms with E-state index in [4.69, 9.17) is 0 Å². The van der Waals surface area contributed by atoms with E-state index in [-0.39, 0.29) is 5.91 Å². The zero-order valence-corrected chi connectivity index (χ0v) is 16.8. The highest BCUT2D eigenvalue weighted by Gasteiger charge is 2.28. The summed E-state index contributed by atoms with van der Waals surface area (Å²) in [6, 6.07) is 11.7. The summed E-state index contributed by atoms with van der Waals surface area (Å²) in [5.74, 6) is -0.0524. The van der Waals surface area contributed by atoms with Crippen LogP contribution in [0.3, 0.4) is 0 Å². The van der Waals surface area contributed by atoms with Crippen molar-refractivity contribution in [2.75, 3.05) is 32.4 Å². The number of carbonyl (C=O) groups excluding carboxylic acids is 1. The van der Waals surface area contributed by atoms with Gasteiger partial charge in [0.15, 0.2) is 0 Å². The Morgan fingerprint density at radius 1 is 1.11 bits per heavy atom. The molecule has 7 nitrogen and oxygen atoms in total. The minimum Gasteiger partial charge on any atom is -0.335 e. The molecule has 0 saturated carbocycles. The average molecular weight is 405 g/mol. The first-order valence-electron chi connectivity index (χ1n) is 8.63. The molecule has 3 aromatic rings. The molecule has 3 heterocycles. The molecule has 142 valence electrons. The first kappa shape index (κ1) is 18.1. The number of hydrogen-bond donors (Lipinski definition) is 0. The Bertz CT molecular complexity index is 1090. The summed E-state index contributed by atoms with van der Waals surface area (Å²) in [7, 11) is -3.21. The highest BCUT2D eigenvalue weighted by atomic mass is 32.2. The van der Waals surface area contributed by atoms with Crippen LogP contribution in [0.5, 0.6) is 0 Å². The highest BCUT2D eigenvalue weighted by Crippen LogP contribution is 2.31. The highest BCUT2D eigenvalue weighted by molar-refractivity contribution is 7.88. The quantitative estimate of drug-likeness (QED) is 0.670. The molecular weight excluding hydrogens is 384 g/mol. The lowest BCUT2D eigenvalue weighted by atomic mass is 10.2. The number of benzene rings is 1. The Labute approximate surface area is 161 Å².